The van der Waals surface area contributed by atoms with Crippen molar-refractivity contribution in [3.05, 3.63) is 39.9 Å². The predicted molar refractivity (Wildman–Crippen MR) is 84.3 cm³/mol. The second kappa shape index (κ2) is 7.76. The molecule has 0 aliphatic carbocycles. The summed E-state index contributed by atoms with van der Waals surface area (Å²) in [6.45, 7) is 2.70. The van der Waals surface area contributed by atoms with Crippen molar-refractivity contribution in [1.29, 1.82) is 0 Å². The van der Waals surface area contributed by atoms with Gasteiger partial charge < -0.3 is 14.2 Å². The third-order valence-corrected chi connectivity index (χ3v) is 3.95. The summed E-state index contributed by atoms with van der Waals surface area (Å²) in [6, 6.07) is 6.36. The van der Waals surface area contributed by atoms with Crippen LogP contribution in [0.5, 0.6) is 5.75 Å². The zero-order valence-electron chi connectivity index (χ0n) is 14.3. The highest BCUT2D eigenvalue weighted by Crippen LogP contribution is 2.39. The van der Waals surface area contributed by atoms with E-state index in [-0.39, 0.29) is 0 Å². The molecule has 1 aromatic rings. The first-order valence-corrected chi connectivity index (χ1v) is 7.14. The predicted octanol–water partition coefficient (Wildman–Crippen LogP) is 1.80. The van der Waals surface area contributed by atoms with Crippen molar-refractivity contribution in [2.24, 2.45) is 5.92 Å². The van der Waals surface area contributed by atoms with Gasteiger partial charge >= 0.3 is 11.9 Å². The largest absolute Gasteiger partial charge is 0.497 e. The molecule has 132 valence electrons. The van der Waals surface area contributed by atoms with E-state index in [0.717, 1.165) is 14.2 Å². The molecule has 0 aromatic heterocycles. The van der Waals surface area contributed by atoms with Gasteiger partial charge in [-0.3, -0.25) is 19.7 Å². The van der Waals surface area contributed by atoms with Gasteiger partial charge in [0.15, 0.2) is 5.92 Å². The second-order valence-corrected chi connectivity index (χ2v) is 5.69. The Morgan fingerprint density at radius 3 is 1.83 bits per heavy atom. The molecule has 0 spiro atoms. The lowest BCUT2D eigenvalue weighted by molar-refractivity contribution is -0.566. The van der Waals surface area contributed by atoms with Gasteiger partial charge in [0, 0.05) is 18.8 Å². The number of hydrogen-bond acceptors (Lipinski definition) is 7. The average Bonchev–Trinajstić information content (AvgIpc) is 2.58. The summed E-state index contributed by atoms with van der Waals surface area (Å²) in [5.41, 5.74) is -1.19. The highest BCUT2D eigenvalue weighted by Gasteiger charge is 2.52. The zero-order valence-corrected chi connectivity index (χ0v) is 14.3. The lowest BCUT2D eigenvalue weighted by Crippen LogP contribution is -2.47. The third kappa shape index (κ3) is 3.81. The molecule has 0 radical (unpaired) electrons. The van der Waals surface area contributed by atoms with Gasteiger partial charge in [-0.2, -0.15) is 0 Å². The maximum atomic E-state index is 12.1. The highest BCUT2D eigenvalue weighted by atomic mass is 16.6. The van der Waals surface area contributed by atoms with E-state index in [4.69, 9.17) is 4.74 Å². The normalized spacial score (nSPS) is 12.4. The number of carbonyl (C=O) groups excluding carboxylic acids is 2. The van der Waals surface area contributed by atoms with Crippen LogP contribution in [0.1, 0.15) is 25.3 Å². The van der Waals surface area contributed by atoms with Crippen LogP contribution in [0.2, 0.25) is 0 Å². The molecule has 0 bridgehead atoms. The Hall–Kier alpha value is -2.64. The third-order valence-electron chi connectivity index (χ3n) is 3.95. The quantitative estimate of drug-likeness (QED) is 0.323. The van der Waals surface area contributed by atoms with Crippen molar-refractivity contribution < 1.29 is 28.7 Å². The Balaban J connectivity index is 3.53. The number of nitrogens with zero attached hydrogens (tertiary/aromatic N) is 1. The number of benzene rings is 1. The summed E-state index contributed by atoms with van der Waals surface area (Å²) in [4.78, 5) is 35.3. The minimum atomic E-state index is -1.62. The monoisotopic (exact) mass is 339 g/mol. The van der Waals surface area contributed by atoms with Crippen LogP contribution in [0.15, 0.2) is 24.3 Å². The highest BCUT2D eigenvalue weighted by molar-refractivity contribution is 5.96. The Morgan fingerprint density at radius 2 is 1.50 bits per heavy atom. The SMILES string of the molecule is COC(=O)C(C(=O)OC)C(c1ccc(OC)cc1)C(C)(C)[N+](=O)[O-]. The summed E-state index contributed by atoms with van der Waals surface area (Å²) in [6.07, 6.45) is 0. The lowest BCUT2D eigenvalue weighted by Gasteiger charge is -2.31. The molecule has 0 saturated carbocycles. The molecule has 1 rings (SSSR count). The summed E-state index contributed by atoms with van der Waals surface area (Å²) >= 11 is 0. The van der Waals surface area contributed by atoms with Crippen LogP contribution in [-0.2, 0) is 19.1 Å². The first-order chi connectivity index (χ1) is 11.2. The maximum Gasteiger partial charge on any atom is 0.320 e. The molecule has 8 nitrogen and oxygen atoms in total. The second-order valence-electron chi connectivity index (χ2n) is 5.69. The van der Waals surface area contributed by atoms with Gasteiger partial charge in [0.25, 0.3) is 0 Å². The summed E-state index contributed by atoms with van der Waals surface area (Å²) in [5, 5.41) is 11.6. The van der Waals surface area contributed by atoms with Crippen LogP contribution in [0, 0.1) is 16.0 Å². The topological polar surface area (TPSA) is 105 Å². The van der Waals surface area contributed by atoms with E-state index in [2.05, 4.69) is 9.47 Å². The van der Waals surface area contributed by atoms with Gasteiger partial charge in [0.1, 0.15) is 5.75 Å². The van der Waals surface area contributed by atoms with Crippen LogP contribution < -0.4 is 4.74 Å². The van der Waals surface area contributed by atoms with Crippen molar-refractivity contribution >= 4 is 11.9 Å². The fraction of sp³-hybridized carbons (Fsp3) is 0.500. The van der Waals surface area contributed by atoms with Crippen LogP contribution >= 0.6 is 0 Å². The van der Waals surface area contributed by atoms with E-state index in [1.165, 1.54) is 21.0 Å². The summed E-state index contributed by atoms with van der Waals surface area (Å²) in [7, 11) is 3.71. The van der Waals surface area contributed by atoms with Crippen LogP contribution in [-0.4, -0.2) is 43.7 Å². The van der Waals surface area contributed by atoms with E-state index in [1.807, 2.05) is 0 Å². The van der Waals surface area contributed by atoms with E-state index in [1.54, 1.807) is 24.3 Å². The van der Waals surface area contributed by atoms with E-state index in [0.29, 0.717) is 11.3 Å². The summed E-state index contributed by atoms with van der Waals surface area (Å²) < 4.78 is 14.4. The minimum absolute atomic E-state index is 0.429. The molecule has 0 fully saturated rings. The van der Waals surface area contributed by atoms with Gasteiger partial charge in [0.2, 0.25) is 5.54 Å². The van der Waals surface area contributed by atoms with Crippen molar-refractivity contribution in [3.8, 4) is 5.75 Å². The molecule has 8 heteroatoms. The van der Waals surface area contributed by atoms with E-state index < -0.39 is 34.2 Å². The number of esters is 2. The molecule has 24 heavy (non-hydrogen) atoms. The fourth-order valence-electron chi connectivity index (χ4n) is 2.56. The van der Waals surface area contributed by atoms with Crippen molar-refractivity contribution in [3.63, 3.8) is 0 Å². The molecule has 0 amide bonds. The van der Waals surface area contributed by atoms with Crippen molar-refractivity contribution in [1.82, 2.24) is 0 Å². The van der Waals surface area contributed by atoms with Crippen LogP contribution in [0.3, 0.4) is 0 Å². The minimum Gasteiger partial charge on any atom is -0.497 e. The number of hydrogen-bond donors (Lipinski definition) is 0. The van der Waals surface area contributed by atoms with Crippen LogP contribution in [0.4, 0.5) is 0 Å². The van der Waals surface area contributed by atoms with Gasteiger partial charge in [-0.1, -0.05) is 12.1 Å². The Morgan fingerprint density at radius 1 is 1.04 bits per heavy atom. The molecule has 0 N–H and O–H groups in total. The van der Waals surface area contributed by atoms with Crippen LogP contribution in [0.25, 0.3) is 0 Å². The Bertz CT molecular complexity index is 593. The zero-order chi connectivity index (χ0) is 18.5. The number of ether oxygens (including phenoxy) is 3. The standard InChI is InChI=1S/C16H21NO7/c1-16(2,17(20)21)13(10-6-8-11(22-3)9-7-10)12(14(18)23-4)15(19)24-5/h6-9,12-13H,1-5H3. The van der Waals surface area contributed by atoms with Gasteiger partial charge in [-0.05, 0) is 17.7 Å². The molecule has 1 atom stereocenters. The molecule has 1 aromatic carbocycles. The molecule has 0 aliphatic rings. The first kappa shape index (κ1) is 19.4. The first-order valence-electron chi connectivity index (χ1n) is 7.14. The smallest absolute Gasteiger partial charge is 0.320 e. The molecule has 0 saturated heterocycles. The molecular formula is C16H21NO7. The number of methoxy groups -OCH3 is 3. The molecular weight excluding hydrogens is 318 g/mol. The molecule has 1 unspecified atom stereocenters. The molecule has 0 aliphatic heterocycles. The number of nitro groups is 1. The van der Waals surface area contributed by atoms with Crippen molar-refractivity contribution in [2.45, 2.75) is 25.3 Å². The van der Waals surface area contributed by atoms with E-state index in [9.17, 15) is 19.7 Å². The Kier molecular flexibility index (Phi) is 6.27. The van der Waals surface area contributed by atoms with Gasteiger partial charge in [-0.15, -0.1) is 0 Å². The lowest BCUT2D eigenvalue weighted by atomic mass is 9.73. The summed E-state index contributed by atoms with van der Waals surface area (Å²) in [5.74, 6) is -3.79. The molecule has 0 heterocycles. The maximum absolute atomic E-state index is 12.1. The van der Waals surface area contributed by atoms with Gasteiger partial charge in [0.05, 0.1) is 27.2 Å². The fourth-order valence-corrected chi connectivity index (χ4v) is 2.56. The average molecular weight is 339 g/mol. The van der Waals surface area contributed by atoms with Crippen molar-refractivity contribution in [2.75, 3.05) is 21.3 Å². The van der Waals surface area contributed by atoms with Gasteiger partial charge in [-0.25, -0.2) is 0 Å². The Labute approximate surface area is 139 Å². The number of rotatable bonds is 7. The number of carbonyl (C=O) groups is 2. The van der Waals surface area contributed by atoms with E-state index >= 15 is 0 Å².